The second-order valence-electron chi connectivity index (χ2n) is 18.5. The van der Waals surface area contributed by atoms with Gasteiger partial charge in [-0.25, -0.2) is 0 Å². The van der Waals surface area contributed by atoms with Gasteiger partial charge in [0.15, 0.2) is 28.7 Å². The summed E-state index contributed by atoms with van der Waals surface area (Å²) >= 11 is 0. The van der Waals surface area contributed by atoms with Gasteiger partial charge in [-0.15, -0.1) is 0 Å². The molecule has 0 radical (unpaired) electrons. The maximum Gasteiger partial charge on any atom is 0.191 e. The van der Waals surface area contributed by atoms with Crippen LogP contribution in [0.4, 0.5) is 0 Å². The van der Waals surface area contributed by atoms with Crippen LogP contribution >= 0.6 is 0 Å². The van der Waals surface area contributed by atoms with E-state index in [1.165, 1.54) is 13.8 Å². The first-order chi connectivity index (χ1) is 23.7. The highest BCUT2D eigenvalue weighted by Crippen LogP contribution is 2.66. The van der Waals surface area contributed by atoms with E-state index in [0.717, 1.165) is 23.6 Å². The molecule has 2 aromatic rings. The number of hydrogen-bond donors (Lipinski definition) is 3. The van der Waals surface area contributed by atoms with Gasteiger partial charge in [0.2, 0.25) is 0 Å². The molecule has 0 aromatic heterocycles. The Morgan fingerprint density at radius 3 is 1.88 bits per heavy atom. The number of fused-ring (bicyclic) bond motifs is 3. The minimum atomic E-state index is -3.04. The van der Waals surface area contributed by atoms with E-state index in [0.29, 0.717) is 5.56 Å². The van der Waals surface area contributed by atoms with Crippen LogP contribution < -0.4 is 0 Å². The predicted molar refractivity (Wildman–Crippen MR) is 195 cm³/mol. The van der Waals surface area contributed by atoms with Crippen molar-refractivity contribution in [3.8, 4) is 5.75 Å². The Kier molecular flexibility index (Phi) is 9.37. The zero-order valence-electron chi connectivity index (χ0n) is 32.6. The van der Waals surface area contributed by atoms with Gasteiger partial charge in [-0.1, -0.05) is 106 Å². The zero-order chi connectivity index (χ0) is 39.4. The number of benzene rings is 2. The van der Waals surface area contributed by atoms with Crippen LogP contribution in [0.25, 0.3) is 0 Å². The molecule has 0 saturated heterocycles. The molecule has 3 aliphatic carbocycles. The number of rotatable bonds is 6. The van der Waals surface area contributed by atoms with Crippen molar-refractivity contribution in [2.75, 3.05) is 0 Å². The quantitative estimate of drug-likeness (QED) is 0.325. The lowest BCUT2D eigenvalue weighted by Gasteiger charge is -2.65. The Morgan fingerprint density at radius 2 is 1.40 bits per heavy atom. The van der Waals surface area contributed by atoms with Crippen LogP contribution in [0.3, 0.4) is 0 Å². The fourth-order valence-electron chi connectivity index (χ4n) is 9.70. The van der Waals surface area contributed by atoms with E-state index in [1.54, 1.807) is 32.9 Å². The average molecular weight is 715 g/mol. The van der Waals surface area contributed by atoms with Gasteiger partial charge < -0.3 is 15.3 Å². The second kappa shape index (κ2) is 12.4. The molecule has 3 aliphatic rings. The molecule has 0 spiro atoms. The molecule has 3 unspecified atom stereocenters. The molecule has 0 heterocycles. The maximum atomic E-state index is 14.7. The van der Waals surface area contributed by atoms with Gasteiger partial charge >= 0.3 is 0 Å². The monoisotopic (exact) mass is 714 g/mol. The molecular weight excluding hydrogens is 660 g/mol. The Morgan fingerprint density at radius 1 is 0.865 bits per heavy atom. The predicted octanol–water partition coefficient (Wildman–Crippen LogP) is 5.57. The molecular formula is C43H54O9. The smallest absolute Gasteiger partial charge is 0.191 e. The summed E-state index contributed by atoms with van der Waals surface area (Å²) in [6, 6.07) is 9.38. The standard InChI is InChI=1S/C43H54O9/c1-20(2)31-34(47)29(22(4)44)36(49)43(52)37(50)32-35(48)30-28(21(3)41(32,11)38(51)42(31,43)12)14-13-24(33(30)46)18-27(45)17-23-15-25(39(5,6)7)19-26(16-23)40(8,9)10/h13-16,19-21,29,31-32,38,46,51-52H,17-18H2,1-12H3/t21-,29?,31?,32?,38-,41+,42+,43+/m1/s1. The van der Waals surface area contributed by atoms with Crippen LogP contribution in [0.1, 0.15) is 127 Å². The second-order valence-corrected chi connectivity index (χ2v) is 18.5. The summed E-state index contributed by atoms with van der Waals surface area (Å²) in [7, 11) is 0. The summed E-state index contributed by atoms with van der Waals surface area (Å²) in [5.74, 6) is -12.1. The SMILES string of the molecule is CC(=O)C1C(=O)C(C(C)C)[C@@]2(C)[C@H](O)[C@]3(C)C(C(=O)c4c(ccc(CC(=O)Cc5cc(C(C)(C)C)cc(C(C)(C)C)c5)c4O)[C@H]3C)C(=O)[C@@]2(O)C1=O. The van der Waals surface area contributed by atoms with Crippen LogP contribution in [0.15, 0.2) is 30.3 Å². The molecule has 9 heteroatoms. The number of aliphatic hydroxyl groups is 2. The molecule has 0 aliphatic heterocycles. The van der Waals surface area contributed by atoms with Crippen molar-refractivity contribution >= 4 is 34.7 Å². The number of carbonyl (C=O) groups excluding carboxylic acids is 6. The number of ketones is 6. The molecule has 5 rings (SSSR count). The van der Waals surface area contributed by atoms with Crippen molar-refractivity contribution in [1.82, 2.24) is 0 Å². The Labute approximate surface area is 306 Å². The van der Waals surface area contributed by atoms with E-state index in [4.69, 9.17) is 0 Å². The Bertz CT molecular complexity index is 1890. The normalized spacial score (nSPS) is 32.0. The van der Waals surface area contributed by atoms with Crippen molar-refractivity contribution in [2.45, 2.75) is 124 Å². The summed E-state index contributed by atoms with van der Waals surface area (Å²) in [4.78, 5) is 83.3. The van der Waals surface area contributed by atoms with Crippen molar-refractivity contribution in [2.24, 2.45) is 34.5 Å². The fourth-order valence-corrected chi connectivity index (χ4v) is 9.70. The van der Waals surface area contributed by atoms with E-state index in [2.05, 4.69) is 47.6 Å². The molecule has 52 heavy (non-hydrogen) atoms. The fraction of sp³-hybridized carbons (Fsp3) is 0.581. The highest BCUT2D eigenvalue weighted by molar-refractivity contribution is 6.33. The topological polar surface area (TPSA) is 163 Å². The Hall–Kier alpha value is -3.82. The number of aliphatic hydroxyl groups excluding tert-OH is 1. The van der Waals surface area contributed by atoms with E-state index in [9.17, 15) is 44.1 Å². The lowest BCUT2D eigenvalue weighted by molar-refractivity contribution is -0.240. The average Bonchev–Trinajstić information content (AvgIpc) is 3.01. The van der Waals surface area contributed by atoms with Crippen LogP contribution in [-0.4, -0.2) is 61.7 Å². The van der Waals surface area contributed by atoms with Gasteiger partial charge in [0.05, 0.1) is 17.6 Å². The third-order valence-electron chi connectivity index (χ3n) is 12.8. The van der Waals surface area contributed by atoms with E-state index in [-0.39, 0.29) is 40.6 Å². The van der Waals surface area contributed by atoms with E-state index >= 15 is 0 Å². The highest BCUT2D eigenvalue weighted by atomic mass is 16.3. The van der Waals surface area contributed by atoms with Gasteiger partial charge in [0, 0.05) is 35.2 Å². The number of aromatic hydroxyl groups is 1. The number of carbonyl (C=O) groups is 6. The van der Waals surface area contributed by atoms with Gasteiger partial charge in [-0.2, -0.15) is 0 Å². The van der Waals surface area contributed by atoms with Gasteiger partial charge in [0.25, 0.3) is 0 Å². The van der Waals surface area contributed by atoms with Crippen molar-refractivity contribution in [1.29, 1.82) is 0 Å². The molecule has 0 amide bonds. The van der Waals surface area contributed by atoms with Gasteiger partial charge in [-0.05, 0) is 51.8 Å². The first-order valence-corrected chi connectivity index (χ1v) is 18.3. The molecule has 280 valence electrons. The first kappa shape index (κ1) is 39.4. The minimum Gasteiger partial charge on any atom is -0.507 e. The van der Waals surface area contributed by atoms with Crippen LogP contribution in [-0.2, 0) is 47.6 Å². The molecule has 2 aromatic carbocycles. The molecule has 3 N–H and O–H groups in total. The lowest BCUT2D eigenvalue weighted by Crippen LogP contribution is -2.81. The summed E-state index contributed by atoms with van der Waals surface area (Å²) in [5.41, 5.74) is -3.72. The Balaban J connectivity index is 1.58. The van der Waals surface area contributed by atoms with Crippen molar-refractivity contribution in [3.63, 3.8) is 0 Å². The summed E-state index contributed by atoms with van der Waals surface area (Å²) in [5, 5.41) is 36.3. The molecule has 9 nitrogen and oxygen atoms in total. The number of phenolic OH excluding ortho intramolecular Hbond substituents is 1. The highest BCUT2D eigenvalue weighted by Gasteiger charge is 2.80. The van der Waals surface area contributed by atoms with E-state index in [1.807, 2.05) is 12.1 Å². The summed E-state index contributed by atoms with van der Waals surface area (Å²) < 4.78 is 0. The number of phenols is 1. The van der Waals surface area contributed by atoms with Crippen LogP contribution in [0, 0.1) is 34.5 Å². The molecule has 8 atom stereocenters. The first-order valence-electron chi connectivity index (χ1n) is 18.3. The number of hydrogen-bond acceptors (Lipinski definition) is 9. The van der Waals surface area contributed by atoms with E-state index < -0.39 is 86.8 Å². The van der Waals surface area contributed by atoms with Crippen molar-refractivity contribution in [3.05, 3.63) is 63.7 Å². The van der Waals surface area contributed by atoms with Crippen LogP contribution in [0.5, 0.6) is 5.75 Å². The largest absolute Gasteiger partial charge is 0.507 e. The summed E-state index contributed by atoms with van der Waals surface area (Å²) in [6.45, 7) is 21.6. The molecule has 2 saturated carbocycles. The van der Waals surface area contributed by atoms with Gasteiger partial charge in [0.1, 0.15) is 23.2 Å². The van der Waals surface area contributed by atoms with Crippen molar-refractivity contribution < 1.29 is 44.1 Å². The third-order valence-corrected chi connectivity index (χ3v) is 12.8. The zero-order valence-corrected chi connectivity index (χ0v) is 32.6. The number of Topliss-reactive ketones (excluding diaryl/α,β-unsaturated/α-hetero) is 6. The third kappa shape index (κ3) is 5.40. The molecule has 2 fully saturated rings. The minimum absolute atomic E-state index is 0.0834. The van der Waals surface area contributed by atoms with Gasteiger partial charge in [-0.3, -0.25) is 28.8 Å². The maximum absolute atomic E-state index is 14.7. The molecule has 0 bridgehead atoms. The summed E-state index contributed by atoms with van der Waals surface area (Å²) in [6.07, 6.45) is -1.86. The van der Waals surface area contributed by atoms with Crippen LogP contribution in [0.2, 0.25) is 0 Å². The lowest BCUT2D eigenvalue weighted by atomic mass is 9.37.